The maximum Gasteiger partial charge on any atom is 0.0472 e. The number of nitrogens with zero attached hydrogens (tertiary/aromatic N) is 1. The molecule has 0 spiro atoms. The fourth-order valence-electron chi connectivity index (χ4n) is 2.03. The Morgan fingerprint density at radius 1 is 1.60 bits per heavy atom. The fraction of sp³-hybridized carbons (Fsp3) is 0.636. The molecule has 2 unspecified atom stereocenters. The molecule has 0 saturated carbocycles. The van der Waals surface area contributed by atoms with E-state index in [9.17, 15) is 0 Å². The summed E-state index contributed by atoms with van der Waals surface area (Å²) < 4.78 is 0. The Morgan fingerprint density at radius 2 is 2.40 bits per heavy atom. The standard InChI is InChI=1S/C11H18N2S2/c1-8-9(3-5-15-8)11(12)10-7-14-6-4-13(10)2/h3,5,10-11H,4,6-7,12H2,1-2H3. The Morgan fingerprint density at radius 3 is 3.00 bits per heavy atom. The van der Waals surface area contributed by atoms with Gasteiger partial charge in [0.15, 0.2) is 0 Å². The van der Waals surface area contributed by atoms with Crippen molar-refractivity contribution in [2.75, 3.05) is 25.1 Å². The van der Waals surface area contributed by atoms with Gasteiger partial charge in [0.1, 0.15) is 0 Å². The number of thioether (sulfide) groups is 1. The predicted molar refractivity (Wildman–Crippen MR) is 69.7 cm³/mol. The third-order valence-electron chi connectivity index (χ3n) is 3.12. The minimum atomic E-state index is 0.175. The molecule has 2 nitrogen and oxygen atoms in total. The normalized spacial score (nSPS) is 25.4. The summed E-state index contributed by atoms with van der Waals surface area (Å²) in [6.07, 6.45) is 0. The van der Waals surface area contributed by atoms with Gasteiger partial charge in [0, 0.05) is 35.0 Å². The molecule has 1 aliphatic rings. The van der Waals surface area contributed by atoms with E-state index in [4.69, 9.17) is 5.73 Å². The molecular formula is C11H18N2S2. The number of nitrogens with two attached hydrogens (primary N) is 1. The van der Waals surface area contributed by atoms with Gasteiger partial charge in [-0.3, -0.25) is 4.90 Å². The van der Waals surface area contributed by atoms with Crippen LogP contribution in [0.5, 0.6) is 0 Å². The first-order chi connectivity index (χ1) is 7.20. The van der Waals surface area contributed by atoms with Gasteiger partial charge in [-0.2, -0.15) is 11.8 Å². The van der Waals surface area contributed by atoms with E-state index >= 15 is 0 Å². The van der Waals surface area contributed by atoms with Crippen molar-refractivity contribution in [2.24, 2.45) is 5.73 Å². The number of thiophene rings is 1. The lowest BCUT2D eigenvalue weighted by Gasteiger charge is -2.36. The minimum Gasteiger partial charge on any atom is -0.323 e. The molecule has 1 fully saturated rings. The maximum absolute atomic E-state index is 6.36. The SMILES string of the molecule is Cc1sccc1C(N)C1CSCCN1C. The summed E-state index contributed by atoms with van der Waals surface area (Å²) in [4.78, 5) is 3.77. The first kappa shape index (κ1) is 11.5. The number of hydrogen-bond donors (Lipinski definition) is 1. The van der Waals surface area contributed by atoms with Gasteiger partial charge in [-0.15, -0.1) is 11.3 Å². The number of hydrogen-bond acceptors (Lipinski definition) is 4. The highest BCUT2D eigenvalue weighted by atomic mass is 32.2. The summed E-state index contributed by atoms with van der Waals surface area (Å²) >= 11 is 3.81. The molecule has 1 saturated heterocycles. The van der Waals surface area contributed by atoms with Crippen LogP contribution in [0.15, 0.2) is 11.4 Å². The molecule has 2 heterocycles. The van der Waals surface area contributed by atoms with Crippen LogP contribution in [0, 0.1) is 6.92 Å². The first-order valence-corrected chi connectivity index (χ1v) is 7.31. The largest absolute Gasteiger partial charge is 0.323 e. The Balaban J connectivity index is 2.13. The van der Waals surface area contributed by atoms with E-state index in [1.165, 1.54) is 16.2 Å². The summed E-state index contributed by atoms with van der Waals surface area (Å²) in [6.45, 7) is 3.32. The van der Waals surface area contributed by atoms with Gasteiger partial charge in [0.2, 0.25) is 0 Å². The third kappa shape index (κ3) is 2.38. The highest BCUT2D eigenvalue weighted by Gasteiger charge is 2.27. The van der Waals surface area contributed by atoms with Crippen molar-refractivity contribution in [3.63, 3.8) is 0 Å². The fourth-order valence-corrected chi connectivity index (χ4v) is 4.08. The van der Waals surface area contributed by atoms with Gasteiger partial charge in [0.05, 0.1) is 0 Å². The lowest BCUT2D eigenvalue weighted by molar-refractivity contribution is 0.237. The second kappa shape index (κ2) is 4.87. The molecule has 1 aromatic rings. The lowest BCUT2D eigenvalue weighted by Crippen LogP contribution is -2.46. The summed E-state index contributed by atoms with van der Waals surface area (Å²) in [6, 6.07) is 2.85. The minimum absolute atomic E-state index is 0.175. The van der Waals surface area contributed by atoms with Crippen molar-refractivity contribution in [1.82, 2.24) is 4.90 Å². The van der Waals surface area contributed by atoms with Crippen molar-refractivity contribution in [2.45, 2.75) is 19.0 Å². The van der Waals surface area contributed by atoms with Gasteiger partial charge in [-0.1, -0.05) is 0 Å². The van der Waals surface area contributed by atoms with Crippen molar-refractivity contribution in [3.8, 4) is 0 Å². The van der Waals surface area contributed by atoms with Crippen LogP contribution in [0.25, 0.3) is 0 Å². The lowest BCUT2D eigenvalue weighted by atomic mass is 10.0. The molecule has 2 atom stereocenters. The van der Waals surface area contributed by atoms with Crippen LogP contribution in [-0.4, -0.2) is 36.0 Å². The molecule has 4 heteroatoms. The molecule has 2 rings (SSSR count). The van der Waals surface area contributed by atoms with Crippen LogP contribution in [0.4, 0.5) is 0 Å². The van der Waals surface area contributed by atoms with Crippen molar-refractivity contribution >= 4 is 23.1 Å². The third-order valence-corrected chi connectivity index (χ3v) is 5.03. The average Bonchev–Trinajstić information content (AvgIpc) is 2.64. The molecule has 0 bridgehead atoms. The molecule has 1 aromatic heterocycles. The Labute approximate surface area is 99.8 Å². The summed E-state index contributed by atoms with van der Waals surface area (Å²) in [5, 5.41) is 2.14. The number of rotatable bonds is 2. The molecule has 1 aliphatic heterocycles. The zero-order chi connectivity index (χ0) is 10.8. The van der Waals surface area contributed by atoms with Gasteiger partial charge < -0.3 is 5.73 Å². The van der Waals surface area contributed by atoms with E-state index < -0.39 is 0 Å². The van der Waals surface area contributed by atoms with E-state index in [-0.39, 0.29) is 6.04 Å². The van der Waals surface area contributed by atoms with E-state index in [0.29, 0.717) is 6.04 Å². The molecule has 84 valence electrons. The molecule has 0 radical (unpaired) electrons. The number of likely N-dealkylation sites (N-methyl/N-ethyl adjacent to an activating group) is 1. The van der Waals surface area contributed by atoms with Gasteiger partial charge >= 0.3 is 0 Å². The summed E-state index contributed by atoms with van der Waals surface area (Å²) in [5.74, 6) is 2.40. The smallest absolute Gasteiger partial charge is 0.0472 e. The van der Waals surface area contributed by atoms with Crippen LogP contribution in [0.3, 0.4) is 0 Å². The zero-order valence-corrected chi connectivity index (χ0v) is 10.9. The summed E-state index contributed by atoms with van der Waals surface area (Å²) in [7, 11) is 2.19. The van der Waals surface area contributed by atoms with Crippen LogP contribution in [0.1, 0.15) is 16.5 Å². The van der Waals surface area contributed by atoms with Gasteiger partial charge in [0.25, 0.3) is 0 Å². The molecule has 0 amide bonds. The highest BCUT2D eigenvalue weighted by molar-refractivity contribution is 7.99. The summed E-state index contributed by atoms with van der Waals surface area (Å²) in [5.41, 5.74) is 7.69. The molecular weight excluding hydrogens is 224 g/mol. The average molecular weight is 242 g/mol. The van der Waals surface area contributed by atoms with Crippen LogP contribution < -0.4 is 5.73 Å². The van der Waals surface area contributed by atoms with Crippen molar-refractivity contribution in [1.29, 1.82) is 0 Å². The topological polar surface area (TPSA) is 29.3 Å². The van der Waals surface area contributed by atoms with Crippen LogP contribution in [-0.2, 0) is 0 Å². The van der Waals surface area contributed by atoms with Gasteiger partial charge in [-0.25, -0.2) is 0 Å². The molecule has 15 heavy (non-hydrogen) atoms. The molecule has 0 aliphatic carbocycles. The van der Waals surface area contributed by atoms with Crippen molar-refractivity contribution in [3.05, 3.63) is 21.9 Å². The van der Waals surface area contributed by atoms with E-state index in [1.807, 2.05) is 11.8 Å². The Bertz CT molecular complexity index is 324. The first-order valence-electron chi connectivity index (χ1n) is 5.27. The monoisotopic (exact) mass is 242 g/mol. The molecule has 0 aromatic carbocycles. The predicted octanol–water partition coefficient (Wildman–Crippen LogP) is 2.10. The zero-order valence-electron chi connectivity index (χ0n) is 9.27. The van der Waals surface area contributed by atoms with Crippen molar-refractivity contribution < 1.29 is 0 Å². The highest BCUT2D eigenvalue weighted by Crippen LogP contribution is 2.28. The van der Waals surface area contributed by atoms with E-state index in [0.717, 1.165) is 12.3 Å². The quantitative estimate of drug-likeness (QED) is 0.861. The number of aryl methyl sites for hydroxylation is 1. The molecule has 2 N–H and O–H groups in total. The maximum atomic E-state index is 6.36. The van der Waals surface area contributed by atoms with Crippen LogP contribution >= 0.6 is 23.1 Å². The Hall–Kier alpha value is -0.0300. The second-order valence-corrected chi connectivity index (χ2v) is 6.35. The van der Waals surface area contributed by atoms with E-state index in [2.05, 4.69) is 30.3 Å². The Kier molecular flexibility index (Phi) is 3.72. The van der Waals surface area contributed by atoms with Crippen LogP contribution in [0.2, 0.25) is 0 Å². The van der Waals surface area contributed by atoms with E-state index in [1.54, 1.807) is 11.3 Å². The van der Waals surface area contributed by atoms with Gasteiger partial charge in [-0.05, 0) is 31.0 Å². The second-order valence-electron chi connectivity index (χ2n) is 4.08.